The van der Waals surface area contributed by atoms with Crippen LogP contribution in [0.4, 0.5) is 0 Å². The molecule has 5 heteroatoms. The number of hydrogen-bond donors (Lipinski definition) is 0. The molecule has 0 radical (unpaired) electrons. The van der Waals surface area contributed by atoms with Gasteiger partial charge in [-0.1, -0.05) is 29.2 Å². The van der Waals surface area contributed by atoms with Crippen LogP contribution in [0.3, 0.4) is 0 Å². The number of rotatable bonds is 6. The van der Waals surface area contributed by atoms with Crippen LogP contribution < -0.4 is 0 Å². The fourth-order valence-corrected chi connectivity index (χ4v) is 2.83. The maximum absolute atomic E-state index is 11.2. The summed E-state index contributed by atoms with van der Waals surface area (Å²) < 4.78 is 11.7. The molecule has 15 heavy (non-hydrogen) atoms. The summed E-state index contributed by atoms with van der Waals surface area (Å²) >= 11 is 2.24. The SMILES string of the molecule is C=C(C)C(=O)OCC(CI)O[Si](C)(C)C. The van der Waals surface area contributed by atoms with Crippen molar-refractivity contribution in [1.29, 1.82) is 0 Å². The zero-order valence-corrected chi connectivity index (χ0v) is 13.0. The van der Waals surface area contributed by atoms with E-state index in [1.807, 2.05) is 0 Å². The molecule has 1 unspecified atom stereocenters. The predicted octanol–water partition coefficient (Wildman–Crippen LogP) is 2.76. The molecule has 1 atom stereocenters. The third-order valence-corrected chi connectivity index (χ3v) is 3.46. The van der Waals surface area contributed by atoms with Gasteiger partial charge in [0.2, 0.25) is 0 Å². The van der Waals surface area contributed by atoms with E-state index < -0.39 is 8.32 Å². The molecule has 3 nitrogen and oxygen atoms in total. The van der Waals surface area contributed by atoms with Crippen molar-refractivity contribution in [3.05, 3.63) is 12.2 Å². The van der Waals surface area contributed by atoms with Crippen LogP contribution in [0, 0.1) is 0 Å². The van der Waals surface area contributed by atoms with Crippen LogP contribution in [-0.2, 0) is 14.0 Å². The minimum absolute atomic E-state index is 0.000525. The number of halogens is 1. The molecular formula is C10H19IO3Si. The highest BCUT2D eigenvalue weighted by Crippen LogP contribution is 2.10. The maximum Gasteiger partial charge on any atom is 0.333 e. The predicted molar refractivity (Wildman–Crippen MR) is 72.9 cm³/mol. The Morgan fingerprint density at radius 3 is 2.33 bits per heavy atom. The van der Waals surface area contributed by atoms with Gasteiger partial charge in [-0.3, -0.25) is 0 Å². The van der Waals surface area contributed by atoms with E-state index >= 15 is 0 Å². The molecule has 0 fully saturated rings. The van der Waals surface area contributed by atoms with E-state index in [1.54, 1.807) is 6.92 Å². The van der Waals surface area contributed by atoms with Crippen LogP contribution in [0.25, 0.3) is 0 Å². The summed E-state index contributed by atoms with van der Waals surface area (Å²) in [5, 5.41) is 0. The van der Waals surface area contributed by atoms with Gasteiger partial charge in [0.15, 0.2) is 8.32 Å². The van der Waals surface area contributed by atoms with Gasteiger partial charge in [0.1, 0.15) is 6.61 Å². The van der Waals surface area contributed by atoms with Crippen LogP contribution in [0.5, 0.6) is 0 Å². The first-order chi connectivity index (χ1) is 6.76. The van der Waals surface area contributed by atoms with Crippen molar-refractivity contribution in [3.63, 3.8) is 0 Å². The van der Waals surface area contributed by atoms with Crippen LogP contribution >= 0.6 is 22.6 Å². The van der Waals surface area contributed by atoms with Crippen molar-refractivity contribution in [2.75, 3.05) is 11.0 Å². The summed E-state index contributed by atoms with van der Waals surface area (Å²) in [5.41, 5.74) is 0.426. The fraction of sp³-hybridized carbons (Fsp3) is 0.700. The number of carbonyl (C=O) groups excluding carboxylic acids is 1. The second-order valence-electron chi connectivity index (χ2n) is 4.39. The number of alkyl halides is 1. The van der Waals surface area contributed by atoms with Crippen LogP contribution in [0.1, 0.15) is 6.92 Å². The lowest BCUT2D eigenvalue weighted by Gasteiger charge is -2.24. The fourth-order valence-electron chi connectivity index (χ4n) is 0.902. The van der Waals surface area contributed by atoms with Crippen LogP contribution in [-0.4, -0.2) is 31.4 Å². The zero-order chi connectivity index (χ0) is 12.1. The Hall–Kier alpha value is 0.117. The van der Waals surface area contributed by atoms with E-state index in [9.17, 15) is 4.79 Å². The lowest BCUT2D eigenvalue weighted by molar-refractivity contribution is -0.141. The van der Waals surface area contributed by atoms with Crippen molar-refractivity contribution in [3.8, 4) is 0 Å². The zero-order valence-electron chi connectivity index (χ0n) is 9.80. The summed E-state index contributed by atoms with van der Waals surface area (Å²) in [4.78, 5) is 11.2. The second kappa shape index (κ2) is 6.65. The lowest BCUT2D eigenvalue weighted by Crippen LogP contribution is -2.36. The first-order valence-electron chi connectivity index (χ1n) is 4.82. The molecular weight excluding hydrogens is 323 g/mol. The minimum Gasteiger partial charge on any atom is -0.460 e. The quantitative estimate of drug-likeness (QED) is 0.245. The molecule has 0 N–H and O–H groups in total. The Labute approximate surface area is 106 Å². The summed E-state index contributed by atoms with van der Waals surface area (Å²) in [5.74, 6) is -0.343. The molecule has 0 aliphatic carbocycles. The van der Waals surface area contributed by atoms with Gasteiger partial charge in [-0.2, -0.15) is 0 Å². The first-order valence-corrected chi connectivity index (χ1v) is 9.76. The van der Waals surface area contributed by atoms with Crippen molar-refractivity contribution in [2.24, 2.45) is 0 Å². The Balaban J connectivity index is 4.01. The van der Waals surface area contributed by atoms with Crippen LogP contribution in [0.15, 0.2) is 12.2 Å². The molecule has 0 aliphatic rings. The highest BCUT2D eigenvalue weighted by atomic mass is 127. The largest absolute Gasteiger partial charge is 0.460 e. The highest BCUT2D eigenvalue weighted by Gasteiger charge is 2.21. The highest BCUT2D eigenvalue weighted by molar-refractivity contribution is 14.1. The van der Waals surface area contributed by atoms with Crippen molar-refractivity contribution in [2.45, 2.75) is 32.7 Å². The van der Waals surface area contributed by atoms with Crippen molar-refractivity contribution < 1.29 is 14.0 Å². The average molecular weight is 342 g/mol. The molecule has 0 saturated carbocycles. The van der Waals surface area contributed by atoms with Gasteiger partial charge in [0, 0.05) is 10.0 Å². The topological polar surface area (TPSA) is 35.5 Å². The van der Waals surface area contributed by atoms with E-state index in [2.05, 4.69) is 48.8 Å². The molecule has 0 aromatic rings. The molecule has 0 bridgehead atoms. The van der Waals surface area contributed by atoms with Gasteiger partial charge in [0.05, 0.1) is 6.10 Å². The average Bonchev–Trinajstić information content (AvgIpc) is 2.09. The molecule has 88 valence electrons. The summed E-state index contributed by atoms with van der Waals surface area (Å²) in [6, 6.07) is 0. The van der Waals surface area contributed by atoms with E-state index in [-0.39, 0.29) is 12.1 Å². The molecule has 0 amide bonds. The van der Waals surface area contributed by atoms with Crippen molar-refractivity contribution in [1.82, 2.24) is 0 Å². The van der Waals surface area contributed by atoms with Gasteiger partial charge in [-0.15, -0.1) is 0 Å². The van der Waals surface area contributed by atoms with Crippen molar-refractivity contribution >= 4 is 36.9 Å². The standard InChI is InChI=1S/C10H19IO3Si/c1-8(2)10(12)13-7-9(6-11)14-15(3,4)5/h9H,1,6-7H2,2-5H3. The van der Waals surface area contributed by atoms with E-state index in [0.717, 1.165) is 4.43 Å². The minimum atomic E-state index is -1.56. The van der Waals surface area contributed by atoms with E-state index in [1.165, 1.54) is 0 Å². The summed E-state index contributed by atoms with van der Waals surface area (Å²) in [6.07, 6.45) is 0.000525. The Kier molecular flexibility index (Phi) is 6.70. The molecule has 0 aromatic heterocycles. The molecule has 0 aliphatic heterocycles. The molecule has 0 saturated heterocycles. The Morgan fingerprint density at radius 2 is 2.00 bits per heavy atom. The van der Waals surface area contributed by atoms with E-state index in [4.69, 9.17) is 9.16 Å². The number of hydrogen-bond acceptors (Lipinski definition) is 3. The molecule has 0 rings (SSSR count). The number of carbonyl (C=O) groups is 1. The van der Waals surface area contributed by atoms with Gasteiger partial charge < -0.3 is 9.16 Å². The van der Waals surface area contributed by atoms with E-state index in [0.29, 0.717) is 12.2 Å². The maximum atomic E-state index is 11.2. The van der Waals surface area contributed by atoms with Crippen LogP contribution in [0.2, 0.25) is 19.6 Å². The Morgan fingerprint density at radius 1 is 1.47 bits per heavy atom. The summed E-state index contributed by atoms with van der Waals surface area (Å²) in [6.45, 7) is 11.8. The molecule has 0 aromatic carbocycles. The number of ether oxygens (including phenoxy) is 1. The third-order valence-electron chi connectivity index (χ3n) is 1.44. The lowest BCUT2D eigenvalue weighted by atomic mass is 10.3. The number of esters is 1. The normalized spacial score (nSPS) is 13.4. The van der Waals surface area contributed by atoms with Gasteiger partial charge in [0.25, 0.3) is 0 Å². The van der Waals surface area contributed by atoms with Gasteiger partial charge in [-0.25, -0.2) is 4.79 Å². The smallest absolute Gasteiger partial charge is 0.333 e. The Bertz CT molecular complexity index is 235. The van der Waals surface area contributed by atoms with Gasteiger partial charge >= 0.3 is 5.97 Å². The third kappa shape index (κ3) is 7.98. The monoisotopic (exact) mass is 342 g/mol. The molecule has 0 spiro atoms. The summed E-state index contributed by atoms with van der Waals surface area (Å²) in [7, 11) is -1.56. The second-order valence-corrected chi connectivity index (χ2v) is 9.73. The first kappa shape index (κ1) is 15.1. The van der Waals surface area contributed by atoms with Gasteiger partial charge in [-0.05, 0) is 26.6 Å². The molecule has 0 heterocycles.